The Kier molecular flexibility index (Phi) is 8.44. The Hall–Kier alpha value is -3.07. The number of hydrogen-bond acceptors (Lipinski definition) is 4. The van der Waals surface area contributed by atoms with Crippen LogP contribution >= 0.6 is 0 Å². The highest BCUT2D eigenvalue weighted by molar-refractivity contribution is 5.93. The number of methoxy groups -OCH3 is 1. The van der Waals surface area contributed by atoms with Crippen molar-refractivity contribution < 1.29 is 27.5 Å². The summed E-state index contributed by atoms with van der Waals surface area (Å²) < 4.78 is 44.5. The van der Waals surface area contributed by atoms with Crippen LogP contribution in [0.5, 0.6) is 5.75 Å². The number of para-hydroxylation sites is 1. The van der Waals surface area contributed by atoms with Crippen molar-refractivity contribution in [3.8, 4) is 5.75 Å². The predicted molar refractivity (Wildman–Crippen MR) is 112 cm³/mol. The number of likely N-dealkylation sites (N-methyl/N-ethyl adjacent to an activating group) is 2. The molecule has 0 unspecified atom stereocenters. The second kappa shape index (κ2) is 10.8. The number of hydrogen-bond donors (Lipinski definition) is 1. The number of rotatable bonds is 9. The Morgan fingerprint density at radius 1 is 1.06 bits per heavy atom. The second-order valence-electron chi connectivity index (χ2n) is 7.00. The third kappa shape index (κ3) is 7.29. The normalized spacial score (nSPS) is 11.3. The maximum atomic E-state index is 13.1. The van der Waals surface area contributed by atoms with Gasteiger partial charge >= 0.3 is 6.18 Å². The summed E-state index contributed by atoms with van der Waals surface area (Å²) in [6.07, 6.45) is -4.58. The van der Waals surface area contributed by atoms with Crippen LogP contribution in [-0.4, -0.2) is 55.4 Å². The zero-order chi connectivity index (χ0) is 23.0. The van der Waals surface area contributed by atoms with Gasteiger partial charge < -0.3 is 15.0 Å². The first-order valence-corrected chi connectivity index (χ1v) is 9.69. The van der Waals surface area contributed by atoms with Crippen LogP contribution in [0.1, 0.15) is 18.1 Å². The average molecular weight is 437 g/mol. The maximum absolute atomic E-state index is 13.1. The minimum absolute atomic E-state index is 0.0364. The molecule has 2 rings (SSSR count). The van der Waals surface area contributed by atoms with Gasteiger partial charge in [0.15, 0.2) is 0 Å². The van der Waals surface area contributed by atoms with E-state index in [-0.39, 0.29) is 24.7 Å². The largest absolute Gasteiger partial charge is 0.497 e. The van der Waals surface area contributed by atoms with E-state index in [2.05, 4.69) is 5.32 Å². The van der Waals surface area contributed by atoms with Crippen LogP contribution < -0.4 is 10.1 Å². The zero-order valence-electron chi connectivity index (χ0n) is 17.7. The smallest absolute Gasteiger partial charge is 0.418 e. The maximum Gasteiger partial charge on any atom is 0.418 e. The average Bonchev–Trinajstić information content (AvgIpc) is 2.72. The predicted octanol–water partition coefficient (Wildman–Crippen LogP) is 3.63. The Morgan fingerprint density at radius 2 is 1.77 bits per heavy atom. The number of carbonyl (C=O) groups is 2. The topological polar surface area (TPSA) is 61.9 Å². The lowest BCUT2D eigenvalue weighted by Crippen LogP contribution is -2.41. The van der Waals surface area contributed by atoms with Crippen molar-refractivity contribution in [1.29, 1.82) is 0 Å². The molecule has 9 heteroatoms. The summed E-state index contributed by atoms with van der Waals surface area (Å²) in [5, 5.41) is 2.30. The molecule has 0 fully saturated rings. The van der Waals surface area contributed by atoms with Crippen molar-refractivity contribution in [2.45, 2.75) is 19.6 Å². The van der Waals surface area contributed by atoms with Crippen LogP contribution in [0, 0.1) is 0 Å². The number of anilines is 1. The highest BCUT2D eigenvalue weighted by Gasteiger charge is 2.33. The summed E-state index contributed by atoms with van der Waals surface area (Å²) >= 11 is 0. The fourth-order valence-corrected chi connectivity index (χ4v) is 2.96. The van der Waals surface area contributed by atoms with Gasteiger partial charge in [0.1, 0.15) is 5.75 Å². The standard InChI is InChI=1S/C22H26F3N3O3/c1-4-28(14-20(29)26-19-11-6-5-10-18(19)22(23,24)25)15-21(30)27(2)13-16-8-7-9-17(12-16)31-3/h5-12H,4,13-15H2,1-3H3,(H,26,29). The molecule has 0 bridgehead atoms. The zero-order valence-corrected chi connectivity index (χ0v) is 17.7. The van der Waals surface area contributed by atoms with Gasteiger partial charge in [0, 0.05) is 13.6 Å². The van der Waals surface area contributed by atoms with E-state index in [9.17, 15) is 22.8 Å². The molecule has 0 aliphatic carbocycles. The molecule has 31 heavy (non-hydrogen) atoms. The molecule has 0 saturated heterocycles. The molecule has 0 spiro atoms. The van der Waals surface area contributed by atoms with Gasteiger partial charge in [-0.05, 0) is 36.4 Å². The highest BCUT2D eigenvalue weighted by atomic mass is 19.4. The number of carbonyl (C=O) groups excluding carboxylic acids is 2. The van der Waals surface area contributed by atoms with Gasteiger partial charge in [-0.1, -0.05) is 31.2 Å². The van der Waals surface area contributed by atoms with E-state index in [0.717, 1.165) is 11.6 Å². The van der Waals surface area contributed by atoms with Gasteiger partial charge in [-0.25, -0.2) is 0 Å². The first-order valence-electron chi connectivity index (χ1n) is 9.69. The van der Waals surface area contributed by atoms with Crippen LogP contribution in [-0.2, 0) is 22.3 Å². The molecule has 0 aromatic heterocycles. The van der Waals surface area contributed by atoms with E-state index < -0.39 is 17.6 Å². The second-order valence-corrected chi connectivity index (χ2v) is 7.00. The van der Waals surface area contributed by atoms with E-state index in [1.54, 1.807) is 32.0 Å². The number of nitrogens with zero attached hydrogens (tertiary/aromatic N) is 2. The van der Waals surface area contributed by atoms with Gasteiger partial charge in [0.05, 0.1) is 31.5 Å². The Bertz CT molecular complexity index is 903. The molecule has 168 valence electrons. The lowest BCUT2D eigenvalue weighted by atomic mass is 10.1. The minimum atomic E-state index is -4.58. The summed E-state index contributed by atoms with van der Waals surface area (Å²) in [7, 11) is 3.21. The first kappa shape index (κ1) is 24.2. The van der Waals surface area contributed by atoms with Crippen molar-refractivity contribution in [3.05, 3.63) is 59.7 Å². The van der Waals surface area contributed by atoms with Crippen molar-refractivity contribution in [3.63, 3.8) is 0 Å². The molecule has 1 N–H and O–H groups in total. The number of nitrogens with one attached hydrogen (secondary N) is 1. The van der Waals surface area contributed by atoms with Gasteiger partial charge in [-0.3, -0.25) is 14.5 Å². The third-order valence-electron chi connectivity index (χ3n) is 4.66. The molecule has 0 saturated carbocycles. The van der Waals surface area contributed by atoms with Crippen molar-refractivity contribution in [1.82, 2.24) is 9.80 Å². The minimum Gasteiger partial charge on any atom is -0.497 e. The molecule has 0 heterocycles. The van der Waals surface area contributed by atoms with Gasteiger partial charge in [-0.2, -0.15) is 13.2 Å². The van der Waals surface area contributed by atoms with E-state index in [4.69, 9.17) is 4.74 Å². The van der Waals surface area contributed by atoms with E-state index in [0.29, 0.717) is 18.8 Å². The molecule has 2 aromatic carbocycles. The van der Waals surface area contributed by atoms with E-state index in [1.807, 2.05) is 18.2 Å². The third-order valence-corrected chi connectivity index (χ3v) is 4.66. The van der Waals surface area contributed by atoms with E-state index in [1.165, 1.54) is 23.1 Å². The fourth-order valence-electron chi connectivity index (χ4n) is 2.96. The molecule has 2 aromatic rings. The first-order chi connectivity index (χ1) is 14.6. The van der Waals surface area contributed by atoms with Crippen LogP contribution in [0.4, 0.5) is 18.9 Å². The van der Waals surface area contributed by atoms with Crippen LogP contribution in [0.2, 0.25) is 0 Å². The van der Waals surface area contributed by atoms with Crippen LogP contribution in [0.25, 0.3) is 0 Å². The van der Waals surface area contributed by atoms with Gasteiger partial charge in [0.25, 0.3) is 0 Å². The monoisotopic (exact) mass is 437 g/mol. The summed E-state index contributed by atoms with van der Waals surface area (Å²) in [5.74, 6) is -0.153. The molecular formula is C22H26F3N3O3. The Morgan fingerprint density at radius 3 is 2.42 bits per heavy atom. The summed E-state index contributed by atoms with van der Waals surface area (Å²) in [6, 6.07) is 12.1. The van der Waals surface area contributed by atoms with Gasteiger partial charge in [0.2, 0.25) is 11.8 Å². The van der Waals surface area contributed by atoms with Gasteiger partial charge in [-0.15, -0.1) is 0 Å². The van der Waals surface area contributed by atoms with Crippen molar-refractivity contribution in [2.75, 3.05) is 39.1 Å². The highest BCUT2D eigenvalue weighted by Crippen LogP contribution is 2.34. The fraction of sp³-hybridized carbons (Fsp3) is 0.364. The van der Waals surface area contributed by atoms with Crippen LogP contribution in [0.15, 0.2) is 48.5 Å². The molecule has 0 atom stereocenters. The number of benzene rings is 2. The number of alkyl halides is 3. The SMILES string of the molecule is CCN(CC(=O)Nc1ccccc1C(F)(F)F)CC(=O)N(C)Cc1cccc(OC)c1. The molecule has 2 amide bonds. The molecule has 0 aliphatic heterocycles. The molecule has 0 radical (unpaired) electrons. The lowest BCUT2D eigenvalue weighted by molar-refractivity contribution is -0.137. The van der Waals surface area contributed by atoms with Crippen molar-refractivity contribution >= 4 is 17.5 Å². The van der Waals surface area contributed by atoms with Crippen molar-refractivity contribution in [2.24, 2.45) is 0 Å². The molecule has 6 nitrogen and oxygen atoms in total. The number of amides is 2. The van der Waals surface area contributed by atoms with Crippen LogP contribution in [0.3, 0.4) is 0 Å². The lowest BCUT2D eigenvalue weighted by Gasteiger charge is -2.24. The van der Waals surface area contributed by atoms with E-state index >= 15 is 0 Å². The summed E-state index contributed by atoms with van der Waals surface area (Å²) in [6.45, 7) is 2.27. The summed E-state index contributed by atoms with van der Waals surface area (Å²) in [5.41, 5.74) is -0.335. The molecular weight excluding hydrogens is 411 g/mol. The quantitative estimate of drug-likeness (QED) is 0.651. The molecule has 0 aliphatic rings. The number of ether oxygens (including phenoxy) is 1. The summed E-state index contributed by atoms with van der Waals surface area (Å²) in [4.78, 5) is 28.0. The number of halogens is 3. The Labute approximate surface area is 179 Å². The Balaban J connectivity index is 1.95.